The molecule has 11 heteroatoms. The van der Waals surface area contributed by atoms with Gasteiger partial charge in [0.25, 0.3) is 5.91 Å². The first kappa shape index (κ1) is 23.9. The highest BCUT2D eigenvalue weighted by atomic mass is 79.9. The third-order valence-electron chi connectivity index (χ3n) is 4.73. The zero-order valence-corrected chi connectivity index (χ0v) is 20.8. The Labute approximate surface area is 198 Å². The van der Waals surface area contributed by atoms with E-state index >= 15 is 0 Å². The van der Waals surface area contributed by atoms with E-state index in [-0.39, 0.29) is 17.3 Å². The number of sulfonamides is 1. The summed E-state index contributed by atoms with van der Waals surface area (Å²) < 4.78 is 33.9. The summed E-state index contributed by atoms with van der Waals surface area (Å²) in [7, 11) is -1.97. The fourth-order valence-corrected chi connectivity index (χ4v) is 5.17. The van der Waals surface area contributed by atoms with Crippen molar-refractivity contribution >= 4 is 54.0 Å². The van der Waals surface area contributed by atoms with Crippen molar-refractivity contribution in [1.29, 1.82) is 0 Å². The van der Waals surface area contributed by atoms with Gasteiger partial charge in [-0.05, 0) is 42.5 Å². The number of nitrogens with zero attached hydrogens (tertiary/aromatic N) is 3. The number of carbonyl (C=O) groups excluding carboxylic acids is 1. The molecule has 1 amide bonds. The van der Waals surface area contributed by atoms with E-state index in [2.05, 4.69) is 42.4 Å². The van der Waals surface area contributed by atoms with Crippen LogP contribution in [-0.2, 0) is 14.8 Å². The molecule has 0 aliphatic carbocycles. The number of halogens is 2. The van der Waals surface area contributed by atoms with E-state index in [1.165, 1.54) is 10.5 Å². The van der Waals surface area contributed by atoms with Gasteiger partial charge in [0.15, 0.2) is 0 Å². The molecule has 0 radical (unpaired) electrons. The molecule has 0 unspecified atom stereocenters. The molecule has 0 atom stereocenters. The van der Waals surface area contributed by atoms with Crippen LogP contribution in [0.15, 0.2) is 61.4 Å². The van der Waals surface area contributed by atoms with E-state index in [0.29, 0.717) is 31.9 Å². The molecule has 8 nitrogen and oxygen atoms in total. The second-order valence-electron chi connectivity index (χ2n) is 6.81. The first-order valence-electron chi connectivity index (χ1n) is 9.43. The van der Waals surface area contributed by atoms with E-state index < -0.39 is 10.0 Å². The fourth-order valence-electron chi connectivity index (χ4n) is 3.10. The number of amides is 1. The summed E-state index contributed by atoms with van der Waals surface area (Å²) >= 11 is 6.70. The lowest BCUT2D eigenvalue weighted by atomic mass is 10.2. The molecule has 0 spiro atoms. The molecule has 1 aliphatic rings. The lowest BCUT2D eigenvalue weighted by molar-refractivity contribution is -0.122. The van der Waals surface area contributed by atoms with Gasteiger partial charge in [0, 0.05) is 40.7 Å². The topological polar surface area (TPSA) is 91.3 Å². The van der Waals surface area contributed by atoms with Gasteiger partial charge < -0.3 is 4.74 Å². The van der Waals surface area contributed by atoms with Crippen molar-refractivity contribution in [3.8, 4) is 5.75 Å². The third kappa shape index (κ3) is 6.36. The Bertz CT molecular complexity index is 1050. The third-order valence-corrected chi connectivity index (χ3v) is 7.67. The maximum absolute atomic E-state index is 12.8. The molecule has 31 heavy (non-hydrogen) atoms. The molecule has 3 rings (SSSR count). The van der Waals surface area contributed by atoms with Crippen LogP contribution < -0.4 is 10.2 Å². The Kier molecular flexibility index (Phi) is 8.23. The van der Waals surface area contributed by atoms with Crippen LogP contribution >= 0.6 is 31.9 Å². The number of piperazine rings is 1. The smallest absolute Gasteiger partial charge is 0.254 e. The van der Waals surface area contributed by atoms with Crippen molar-refractivity contribution in [3.63, 3.8) is 0 Å². The van der Waals surface area contributed by atoms with Crippen LogP contribution in [0.1, 0.15) is 5.56 Å². The number of hydrogen-bond acceptors (Lipinski definition) is 6. The Morgan fingerprint density at radius 3 is 2.39 bits per heavy atom. The van der Waals surface area contributed by atoms with E-state index in [9.17, 15) is 13.2 Å². The number of benzene rings is 2. The summed E-state index contributed by atoms with van der Waals surface area (Å²) in [6.07, 6.45) is 1.52. The molecule has 2 aromatic carbocycles. The maximum atomic E-state index is 12.8. The lowest BCUT2D eigenvalue weighted by Gasteiger charge is -2.33. The maximum Gasteiger partial charge on any atom is 0.254 e. The second-order valence-corrected chi connectivity index (χ2v) is 10.6. The molecule has 1 heterocycles. The van der Waals surface area contributed by atoms with Gasteiger partial charge in [0.05, 0.1) is 24.8 Å². The standard InChI is InChI=1S/C20H22Br2N4O4S/c1-30-19-7-4-17(22)12-15(19)13-23-24-20(27)14-25-8-10-26(11-9-25)31(28,29)18-5-2-16(21)3-6-18/h2-7,12-13H,8-11,14H2,1H3,(H,24,27)/b23-13+. The average Bonchev–Trinajstić information content (AvgIpc) is 2.74. The first-order valence-corrected chi connectivity index (χ1v) is 12.5. The van der Waals surface area contributed by atoms with Crippen LogP contribution in [0.4, 0.5) is 0 Å². The lowest BCUT2D eigenvalue weighted by Crippen LogP contribution is -2.50. The molecule has 1 saturated heterocycles. The van der Waals surface area contributed by atoms with E-state index in [1.54, 1.807) is 37.4 Å². The summed E-state index contributed by atoms with van der Waals surface area (Å²) in [5.74, 6) is 0.374. The van der Waals surface area contributed by atoms with Gasteiger partial charge in [0.2, 0.25) is 10.0 Å². The Hall–Kier alpha value is -1.79. The van der Waals surface area contributed by atoms with Crippen LogP contribution in [-0.4, -0.2) is 69.6 Å². The van der Waals surface area contributed by atoms with E-state index in [1.807, 2.05) is 17.0 Å². The van der Waals surface area contributed by atoms with E-state index in [0.717, 1.165) is 14.5 Å². The molecule has 1 N–H and O–H groups in total. The van der Waals surface area contributed by atoms with Crippen molar-refractivity contribution in [2.24, 2.45) is 5.10 Å². The number of carbonyl (C=O) groups is 1. The minimum Gasteiger partial charge on any atom is -0.496 e. The summed E-state index contributed by atoms with van der Waals surface area (Å²) in [5, 5.41) is 4.00. The van der Waals surface area contributed by atoms with E-state index in [4.69, 9.17) is 4.74 Å². The Morgan fingerprint density at radius 1 is 1.10 bits per heavy atom. The summed E-state index contributed by atoms with van der Waals surface area (Å²) in [6.45, 7) is 1.71. The second kappa shape index (κ2) is 10.7. The average molecular weight is 574 g/mol. The minimum atomic E-state index is -3.54. The Balaban J connectivity index is 1.50. The predicted molar refractivity (Wildman–Crippen MR) is 126 cm³/mol. The highest BCUT2D eigenvalue weighted by molar-refractivity contribution is 9.10. The van der Waals surface area contributed by atoms with Crippen molar-refractivity contribution in [2.75, 3.05) is 39.8 Å². The number of methoxy groups -OCH3 is 1. The Morgan fingerprint density at radius 2 is 1.74 bits per heavy atom. The zero-order chi connectivity index (χ0) is 22.4. The van der Waals surface area contributed by atoms with Gasteiger partial charge in [-0.1, -0.05) is 31.9 Å². The molecule has 1 aliphatic heterocycles. The molecule has 0 saturated carbocycles. The molecular formula is C20H22Br2N4O4S. The van der Waals surface area contributed by atoms with Crippen LogP contribution in [0.5, 0.6) is 5.75 Å². The predicted octanol–water partition coefficient (Wildman–Crippen LogP) is 2.68. The van der Waals surface area contributed by atoms with Gasteiger partial charge in [-0.25, -0.2) is 13.8 Å². The van der Waals surface area contributed by atoms with Gasteiger partial charge >= 0.3 is 0 Å². The SMILES string of the molecule is COc1ccc(Br)cc1/C=N/NC(=O)CN1CCN(S(=O)(=O)c2ccc(Br)cc2)CC1. The van der Waals surface area contributed by atoms with Crippen LogP contribution in [0.25, 0.3) is 0 Å². The minimum absolute atomic E-state index is 0.138. The van der Waals surface area contributed by atoms with Crippen LogP contribution in [0.3, 0.4) is 0 Å². The molecule has 166 valence electrons. The van der Waals surface area contributed by atoms with Crippen molar-refractivity contribution in [1.82, 2.24) is 14.6 Å². The first-order chi connectivity index (χ1) is 14.8. The number of nitrogens with one attached hydrogen (secondary N) is 1. The number of rotatable bonds is 7. The van der Waals surface area contributed by atoms with Gasteiger partial charge in [0.1, 0.15) is 5.75 Å². The van der Waals surface area contributed by atoms with Gasteiger partial charge in [-0.2, -0.15) is 9.41 Å². The molecule has 1 fully saturated rings. The van der Waals surface area contributed by atoms with Crippen molar-refractivity contribution in [2.45, 2.75) is 4.90 Å². The molecule has 0 bridgehead atoms. The van der Waals surface area contributed by atoms with Crippen molar-refractivity contribution in [3.05, 3.63) is 57.0 Å². The number of hydrogen-bond donors (Lipinski definition) is 1. The van der Waals surface area contributed by atoms with Crippen LogP contribution in [0.2, 0.25) is 0 Å². The zero-order valence-electron chi connectivity index (χ0n) is 16.8. The molecular weight excluding hydrogens is 552 g/mol. The quantitative estimate of drug-likeness (QED) is 0.406. The molecule has 2 aromatic rings. The monoisotopic (exact) mass is 572 g/mol. The normalized spacial score (nSPS) is 15.8. The largest absolute Gasteiger partial charge is 0.496 e. The highest BCUT2D eigenvalue weighted by Crippen LogP contribution is 2.21. The van der Waals surface area contributed by atoms with Gasteiger partial charge in [-0.15, -0.1) is 0 Å². The fraction of sp³-hybridized carbons (Fsp3) is 0.300. The highest BCUT2D eigenvalue weighted by Gasteiger charge is 2.28. The van der Waals surface area contributed by atoms with Gasteiger partial charge in [-0.3, -0.25) is 9.69 Å². The summed E-state index contributed by atoms with van der Waals surface area (Å²) in [4.78, 5) is 14.4. The van der Waals surface area contributed by atoms with Crippen LogP contribution in [0, 0.1) is 0 Å². The summed E-state index contributed by atoms with van der Waals surface area (Å²) in [5.41, 5.74) is 3.23. The van der Waals surface area contributed by atoms with Crippen molar-refractivity contribution < 1.29 is 17.9 Å². The molecule has 0 aromatic heterocycles. The summed E-state index contributed by atoms with van der Waals surface area (Å²) in [6, 6.07) is 12.1. The number of ether oxygens (including phenoxy) is 1. The number of hydrazone groups is 1.